The van der Waals surface area contributed by atoms with Gasteiger partial charge >= 0.3 is 0 Å². The van der Waals surface area contributed by atoms with Gasteiger partial charge in [-0.3, -0.25) is 0 Å². The fraction of sp³-hybridized carbons (Fsp3) is 0.636. The SMILES string of the molecule is CSc1cc(NC2CC(N)C2(C)C)ncn1. The summed E-state index contributed by atoms with van der Waals surface area (Å²) in [7, 11) is 0. The molecule has 1 saturated carbocycles. The standard InChI is InChI=1S/C11H18N4S/c1-11(2)7(12)4-8(11)15-9-5-10(16-3)14-6-13-9/h5-8H,4,12H2,1-3H3,(H,13,14,15). The van der Waals surface area contributed by atoms with Crippen LogP contribution in [0.4, 0.5) is 5.82 Å². The van der Waals surface area contributed by atoms with Gasteiger partial charge in [0.05, 0.1) is 0 Å². The Morgan fingerprint density at radius 1 is 1.50 bits per heavy atom. The average molecular weight is 238 g/mol. The molecule has 0 radical (unpaired) electrons. The van der Waals surface area contributed by atoms with Gasteiger partial charge in [-0.25, -0.2) is 9.97 Å². The second kappa shape index (κ2) is 4.22. The van der Waals surface area contributed by atoms with Crippen LogP contribution in [0.15, 0.2) is 17.4 Å². The van der Waals surface area contributed by atoms with Gasteiger partial charge in [0.1, 0.15) is 17.2 Å². The average Bonchev–Trinajstić information content (AvgIpc) is 2.29. The van der Waals surface area contributed by atoms with Crippen molar-refractivity contribution >= 4 is 17.6 Å². The molecule has 0 aromatic carbocycles. The maximum absolute atomic E-state index is 5.98. The van der Waals surface area contributed by atoms with E-state index in [0.29, 0.717) is 6.04 Å². The minimum atomic E-state index is 0.143. The van der Waals surface area contributed by atoms with Crippen molar-refractivity contribution in [3.63, 3.8) is 0 Å². The molecule has 0 aliphatic heterocycles. The topological polar surface area (TPSA) is 63.8 Å². The van der Waals surface area contributed by atoms with E-state index in [9.17, 15) is 0 Å². The number of aromatic nitrogens is 2. The van der Waals surface area contributed by atoms with Crippen molar-refractivity contribution in [2.24, 2.45) is 11.1 Å². The van der Waals surface area contributed by atoms with Gasteiger partial charge in [0, 0.05) is 23.6 Å². The molecule has 1 aromatic rings. The number of hydrogen-bond acceptors (Lipinski definition) is 5. The molecule has 1 aliphatic rings. The molecular formula is C11H18N4S. The van der Waals surface area contributed by atoms with Crippen LogP contribution in [-0.4, -0.2) is 28.3 Å². The first-order valence-corrected chi connectivity index (χ1v) is 6.64. The first-order chi connectivity index (χ1) is 7.54. The lowest BCUT2D eigenvalue weighted by atomic mass is 9.63. The Labute approximate surface area is 100 Å². The van der Waals surface area contributed by atoms with E-state index in [1.165, 1.54) is 0 Å². The molecule has 0 spiro atoms. The highest BCUT2D eigenvalue weighted by atomic mass is 32.2. The van der Waals surface area contributed by atoms with Gasteiger partial charge in [0.25, 0.3) is 0 Å². The summed E-state index contributed by atoms with van der Waals surface area (Å²) in [6.07, 6.45) is 4.61. The summed E-state index contributed by atoms with van der Waals surface area (Å²) in [6, 6.07) is 2.67. The molecule has 0 bridgehead atoms. The molecule has 2 atom stereocenters. The van der Waals surface area contributed by atoms with Crippen LogP contribution in [0.3, 0.4) is 0 Å². The monoisotopic (exact) mass is 238 g/mol. The summed E-state index contributed by atoms with van der Waals surface area (Å²) in [4.78, 5) is 8.37. The normalized spacial score (nSPS) is 27.2. The van der Waals surface area contributed by atoms with E-state index in [1.807, 2.05) is 12.3 Å². The maximum Gasteiger partial charge on any atom is 0.130 e. The van der Waals surface area contributed by atoms with Gasteiger partial charge < -0.3 is 11.1 Å². The number of anilines is 1. The minimum absolute atomic E-state index is 0.143. The third kappa shape index (κ3) is 2.01. The smallest absolute Gasteiger partial charge is 0.130 e. The van der Waals surface area contributed by atoms with Crippen LogP contribution >= 0.6 is 11.8 Å². The Morgan fingerprint density at radius 3 is 2.81 bits per heavy atom. The largest absolute Gasteiger partial charge is 0.367 e. The predicted octanol–water partition coefficient (Wildman–Crippen LogP) is 1.74. The quantitative estimate of drug-likeness (QED) is 0.620. The summed E-state index contributed by atoms with van der Waals surface area (Å²) < 4.78 is 0. The second-order valence-electron chi connectivity index (χ2n) is 4.81. The van der Waals surface area contributed by atoms with Gasteiger partial charge in [-0.1, -0.05) is 13.8 Å². The van der Waals surface area contributed by atoms with Crippen molar-refractivity contribution in [1.82, 2.24) is 9.97 Å². The molecule has 0 saturated heterocycles. The van der Waals surface area contributed by atoms with E-state index >= 15 is 0 Å². The number of rotatable bonds is 3. The number of nitrogens with two attached hydrogens (primary N) is 1. The molecule has 1 aromatic heterocycles. The Bertz CT molecular complexity index is 380. The van der Waals surface area contributed by atoms with Gasteiger partial charge in [0.15, 0.2) is 0 Å². The van der Waals surface area contributed by atoms with E-state index in [-0.39, 0.29) is 11.5 Å². The van der Waals surface area contributed by atoms with E-state index in [1.54, 1.807) is 18.1 Å². The van der Waals surface area contributed by atoms with Crippen LogP contribution in [0.2, 0.25) is 0 Å². The molecule has 4 nitrogen and oxygen atoms in total. The third-order valence-corrected chi connectivity index (χ3v) is 4.16. The first-order valence-electron chi connectivity index (χ1n) is 5.42. The summed E-state index contributed by atoms with van der Waals surface area (Å²) in [5.74, 6) is 0.893. The van der Waals surface area contributed by atoms with Gasteiger partial charge in [-0.05, 0) is 12.7 Å². The van der Waals surface area contributed by atoms with E-state index in [0.717, 1.165) is 17.3 Å². The molecule has 1 aliphatic carbocycles. The Kier molecular flexibility index (Phi) is 3.08. The predicted molar refractivity (Wildman–Crippen MR) is 67.6 cm³/mol. The van der Waals surface area contributed by atoms with Crippen molar-refractivity contribution in [3.05, 3.63) is 12.4 Å². The molecule has 1 fully saturated rings. The van der Waals surface area contributed by atoms with E-state index < -0.39 is 0 Å². The maximum atomic E-state index is 5.98. The van der Waals surface area contributed by atoms with Crippen LogP contribution < -0.4 is 11.1 Å². The molecule has 88 valence electrons. The summed E-state index contributed by atoms with van der Waals surface area (Å²) in [5.41, 5.74) is 6.12. The summed E-state index contributed by atoms with van der Waals surface area (Å²) >= 11 is 1.62. The number of nitrogens with zero attached hydrogens (tertiary/aromatic N) is 2. The summed E-state index contributed by atoms with van der Waals surface area (Å²) in [6.45, 7) is 4.38. The van der Waals surface area contributed by atoms with Crippen LogP contribution in [0.1, 0.15) is 20.3 Å². The lowest BCUT2D eigenvalue weighted by Gasteiger charge is -2.50. The highest BCUT2D eigenvalue weighted by molar-refractivity contribution is 7.98. The Morgan fingerprint density at radius 2 is 2.25 bits per heavy atom. The van der Waals surface area contributed by atoms with E-state index in [4.69, 9.17) is 5.73 Å². The zero-order chi connectivity index (χ0) is 11.8. The van der Waals surface area contributed by atoms with Crippen LogP contribution in [0.5, 0.6) is 0 Å². The van der Waals surface area contributed by atoms with Crippen molar-refractivity contribution in [3.8, 4) is 0 Å². The molecule has 3 N–H and O–H groups in total. The van der Waals surface area contributed by atoms with Gasteiger partial charge in [-0.15, -0.1) is 11.8 Å². The Balaban J connectivity index is 2.05. The third-order valence-electron chi connectivity index (χ3n) is 3.52. The fourth-order valence-corrected chi connectivity index (χ4v) is 2.29. The van der Waals surface area contributed by atoms with Gasteiger partial charge in [0.2, 0.25) is 0 Å². The van der Waals surface area contributed by atoms with Crippen LogP contribution in [0.25, 0.3) is 0 Å². The van der Waals surface area contributed by atoms with Gasteiger partial charge in [-0.2, -0.15) is 0 Å². The lowest BCUT2D eigenvalue weighted by molar-refractivity contribution is 0.117. The number of nitrogens with one attached hydrogen (secondary N) is 1. The fourth-order valence-electron chi connectivity index (χ4n) is 1.91. The molecule has 0 amide bonds. The number of hydrogen-bond donors (Lipinski definition) is 2. The lowest BCUT2D eigenvalue weighted by Crippen LogP contribution is -2.61. The van der Waals surface area contributed by atoms with Crippen LogP contribution in [0, 0.1) is 5.41 Å². The number of thioether (sulfide) groups is 1. The molecular weight excluding hydrogens is 220 g/mol. The van der Waals surface area contributed by atoms with Crippen LogP contribution in [-0.2, 0) is 0 Å². The minimum Gasteiger partial charge on any atom is -0.367 e. The van der Waals surface area contributed by atoms with Crippen molar-refractivity contribution in [1.29, 1.82) is 0 Å². The molecule has 5 heteroatoms. The van der Waals surface area contributed by atoms with Crippen molar-refractivity contribution in [2.75, 3.05) is 11.6 Å². The van der Waals surface area contributed by atoms with Crippen molar-refractivity contribution < 1.29 is 0 Å². The first kappa shape index (κ1) is 11.7. The molecule has 1 heterocycles. The molecule has 16 heavy (non-hydrogen) atoms. The highest BCUT2D eigenvalue weighted by Crippen LogP contribution is 2.40. The highest BCUT2D eigenvalue weighted by Gasteiger charge is 2.46. The van der Waals surface area contributed by atoms with E-state index in [2.05, 4.69) is 29.1 Å². The Hall–Kier alpha value is -0.810. The molecule has 2 unspecified atom stereocenters. The zero-order valence-corrected chi connectivity index (χ0v) is 10.7. The zero-order valence-electron chi connectivity index (χ0n) is 9.90. The molecule has 2 rings (SSSR count). The summed E-state index contributed by atoms with van der Waals surface area (Å²) in [5, 5.41) is 4.41. The van der Waals surface area contributed by atoms with Crippen molar-refractivity contribution in [2.45, 2.75) is 37.4 Å². The second-order valence-corrected chi connectivity index (χ2v) is 5.63.